The van der Waals surface area contributed by atoms with Crippen LogP contribution in [0.5, 0.6) is 5.75 Å². The summed E-state index contributed by atoms with van der Waals surface area (Å²) < 4.78 is 0. The first-order valence-electron chi connectivity index (χ1n) is 14.0. The Hall–Kier alpha value is -5.22. The molecule has 0 aliphatic rings. The minimum Gasteiger partial charge on any atom is -0.508 e. The van der Waals surface area contributed by atoms with Crippen molar-refractivity contribution in [3.63, 3.8) is 0 Å². The zero-order chi connectivity index (χ0) is 33.4. The maximum absolute atomic E-state index is 13.4. The molecule has 4 unspecified atom stereocenters. The lowest BCUT2D eigenvalue weighted by molar-refractivity contribution is -0.143. The van der Waals surface area contributed by atoms with Gasteiger partial charge in [-0.05, 0) is 42.5 Å². The summed E-state index contributed by atoms with van der Waals surface area (Å²) in [6, 6.07) is 9.66. The van der Waals surface area contributed by atoms with E-state index in [-0.39, 0.29) is 43.9 Å². The maximum atomic E-state index is 13.4. The number of carboxylic acids is 1. The van der Waals surface area contributed by atoms with Crippen molar-refractivity contribution in [1.29, 1.82) is 0 Å². The van der Waals surface area contributed by atoms with Gasteiger partial charge in [-0.2, -0.15) is 0 Å². The van der Waals surface area contributed by atoms with Crippen LogP contribution in [0.2, 0.25) is 0 Å². The Labute approximate surface area is 259 Å². The van der Waals surface area contributed by atoms with Gasteiger partial charge in [-0.1, -0.05) is 42.5 Å². The molecule has 0 spiro atoms. The number of aliphatic hydroxyl groups excluding tert-OH is 1. The molecular formula is C29H40N8O8. The standard InChI is InChI=1S/C29H40N8O8/c30-20(13-18-8-10-19(39)11-9-18)25(41)34-15-24(40)35-21(7-4-12-33-29(31)32)26(42)36-22(14-17-5-2-1-3-6-17)27(43)37-23(16-38)28(44)45/h1-3,5-6,8-11,20-23,38-39H,4,7,12-16,30H2,(H,34,41)(H,35,40)(H,36,42)(H,37,43)(H,44,45)(H4,31,32,33). The Bertz CT molecular complexity index is 1320. The second-order valence-corrected chi connectivity index (χ2v) is 10.1. The molecule has 2 rings (SSSR count). The van der Waals surface area contributed by atoms with Gasteiger partial charge in [-0.15, -0.1) is 0 Å². The number of aromatic hydroxyl groups is 1. The molecule has 0 heterocycles. The number of carbonyl (C=O) groups excluding carboxylic acids is 4. The van der Waals surface area contributed by atoms with Crippen molar-refractivity contribution in [3.8, 4) is 5.75 Å². The van der Waals surface area contributed by atoms with Gasteiger partial charge in [0.1, 0.15) is 23.9 Å². The highest BCUT2D eigenvalue weighted by atomic mass is 16.4. The van der Waals surface area contributed by atoms with Crippen molar-refractivity contribution >= 4 is 35.6 Å². The summed E-state index contributed by atoms with van der Waals surface area (Å²) in [6.07, 6.45) is 0.408. The molecule has 16 nitrogen and oxygen atoms in total. The van der Waals surface area contributed by atoms with E-state index in [2.05, 4.69) is 26.3 Å². The number of rotatable bonds is 18. The molecule has 0 aromatic heterocycles. The molecule has 0 aliphatic heterocycles. The third kappa shape index (κ3) is 13.3. The first kappa shape index (κ1) is 36.0. The zero-order valence-corrected chi connectivity index (χ0v) is 24.5. The van der Waals surface area contributed by atoms with Gasteiger partial charge in [0.25, 0.3) is 0 Å². The van der Waals surface area contributed by atoms with Crippen LogP contribution in [0.4, 0.5) is 0 Å². The SMILES string of the molecule is NC(N)=NCCCC(NC(=O)CNC(=O)C(N)Cc1ccc(O)cc1)C(=O)NC(Cc1ccccc1)C(=O)NC(CO)C(=O)O. The second-order valence-electron chi connectivity index (χ2n) is 10.1. The lowest BCUT2D eigenvalue weighted by Gasteiger charge is -2.24. The fourth-order valence-electron chi connectivity index (χ4n) is 4.08. The molecule has 0 fully saturated rings. The van der Waals surface area contributed by atoms with Crippen LogP contribution in [-0.4, -0.2) is 94.7 Å². The highest BCUT2D eigenvalue weighted by Crippen LogP contribution is 2.11. The molecule has 4 atom stereocenters. The van der Waals surface area contributed by atoms with Gasteiger partial charge in [-0.25, -0.2) is 4.79 Å². The van der Waals surface area contributed by atoms with Crippen molar-refractivity contribution in [3.05, 3.63) is 65.7 Å². The van der Waals surface area contributed by atoms with Crippen LogP contribution in [0.25, 0.3) is 0 Å². The number of nitrogens with one attached hydrogen (secondary N) is 4. The fraction of sp³-hybridized carbons (Fsp3) is 0.379. The molecular weight excluding hydrogens is 588 g/mol. The predicted molar refractivity (Wildman–Crippen MR) is 163 cm³/mol. The summed E-state index contributed by atoms with van der Waals surface area (Å²) in [7, 11) is 0. The smallest absolute Gasteiger partial charge is 0.328 e. The van der Waals surface area contributed by atoms with E-state index in [1.807, 2.05) is 0 Å². The number of phenolic OH excluding ortho intramolecular Hbond substituents is 1. The number of benzene rings is 2. The summed E-state index contributed by atoms with van der Waals surface area (Å²) in [5.74, 6) is -4.55. The Morgan fingerprint density at radius 2 is 1.38 bits per heavy atom. The number of phenols is 1. The largest absolute Gasteiger partial charge is 0.508 e. The zero-order valence-electron chi connectivity index (χ0n) is 24.5. The summed E-state index contributed by atoms with van der Waals surface area (Å²) in [5.41, 5.74) is 18.0. The number of carboxylic acid groups (broad SMARTS) is 1. The van der Waals surface area contributed by atoms with E-state index in [0.29, 0.717) is 11.1 Å². The molecule has 4 amide bonds. The van der Waals surface area contributed by atoms with Gasteiger partial charge in [0.15, 0.2) is 5.96 Å². The van der Waals surface area contributed by atoms with Gasteiger partial charge >= 0.3 is 5.97 Å². The van der Waals surface area contributed by atoms with Crippen molar-refractivity contribution < 1.29 is 39.3 Å². The van der Waals surface area contributed by atoms with Crippen molar-refractivity contribution in [1.82, 2.24) is 21.3 Å². The Kier molecular flexibility index (Phi) is 14.7. The van der Waals surface area contributed by atoms with Crippen LogP contribution in [-0.2, 0) is 36.8 Å². The molecule has 0 bridgehead atoms. The normalized spacial score (nSPS) is 13.3. The van der Waals surface area contributed by atoms with Crippen LogP contribution in [0.1, 0.15) is 24.0 Å². The van der Waals surface area contributed by atoms with E-state index in [1.54, 1.807) is 42.5 Å². The second kappa shape index (κ2) is 18.4. The number of aliphatic hydroxyl groups is 1. The van der Waals surface area contributed by atoms with Crippen LogP contribution in [0.15, 0.2) is 59.6 Å². The predicted octanol–water partition coefficient (Wildman–Crippen LogP) is -2.79. The van der Waals surface area contributed by atoms with Crippen molar-refractivity contribution in [2.75, 3.05) is 19.7 Å². The first-order chi connectivity index (χ1) is 21.4. The number of aliphatic imine (C=N–C) groups is 1. The van der Waals surface area contributed by atoms with Gasteiger partial charge in [-0.3, -0.25) is 24.2 Å². The van der Waals surface area contributed by atoms with Crippen LogP contribution in [0, 0.1) is 0 Å². The Morgan fingerprint density at radius 1 is 0.778 bits per heavy atom. The van der Waals surface area contributed by atoms with Crippen molar-refractivity contribution in [2.45, 2.75) is 49.9 Å². The Morgan fingerprint density at radius 3 is 1.98 bits per heavy atom. The molecule has 16 heteroatoms. The molecule has 0 saturated carbocycles. The number of carbonyl (C=O) groups is 5. The third-order valence-electron chi connectivity index (χ3n) is 6.46. The molecule has 244 valence electrons. The number of nitrogens with two attached hydrogens (primary N) is 3. The van der Waals surface area contributed by atoms with E-state index in [9.17, 15) is 39.3 Å². The van der Waals surface area contributed by atoms with Crippen molar-refractivity contribution in [2.24, 2.45) is 22.2 Å². The van der Waals surface area contributed by atoms with E-state index in [4.69, 9.17) is 17.2 Å². The lowest BCUT2D eigenvalue weighted by atomic mass is 10.0. The van der Waals surface area contributed by atoms with E-state index in [0.717, 1.165) is 0 Å². The van der Waals surface area contributed by atoms with Gasteiger partial charge in [0, 0.05) is 13.0 Å². The fourth-order valence-corrected chi connectivity index (χ4v) is 4.08. The minimum atomic E-state index is -1.60. The number of amides is 4. The number of hydrogen-bond acceptors (Lipinski definition) is 9. The average Bonchev–Trinajstić information content (AvgIpc) is 3.00. The van der Waals surface area contributed by atoms with Gasteiger partial charge in [0.05, 0.1) is 19.2 Å². The first-order valence-corrected chi connectivity index (χ1v) is 14.0. The molecule has 0 saturated heterocycles. The van der Waals surface area contributed by atoms with E-state index >= 15 is 0 Å². The molecule has 0 radical (unpaired) electrons. The highest BCUT2D eigenvalue weighted by molar-refractivity contribution is 5.94. The summed E-state index contributed by atoms with van der Waals surface area (Å²) >= 11 is 0. The number of aliphatic carboxylic acids is 1. The molecule has 45 heavy (non-hydrogen) atoms. The highest BCUT2D eigenvalue weighted by Gasteiger charge is 2.29. The molecule has 0 aliphatic carbocycles. The summed E-state index contributed by atoms with van der Waals surface area (Å²) in [5, 5.41) is 37.7. The maximum Gasteiger partial charge on any atom is 0.328 e. The number of nitrogens with zero attached hydrogens (tertiary/aromatic N) is 1. The number of hydrogen-bond donors (Lipinski definition) is 10. The molecule has 13 N–H and O–H groups in total. The van der Waals surface area contributed by atoms with E-state index < -0.39 is 66.9 Å². The quantitative estimate of drug-likeness (QED) is 0.0457. The Balaban J connectivity index is 2.11. The lowest BCUT2D eigenvalue weighted by Crippen LogP contribution is -2.57. The van der Waals surface area contributed by atoms with Crippen LogP contribution >= 0.6 is 0 Å². The van der Waals surface area contributed by atoms with Crippen LogP contribution < -0.4 is 38.5 Å². The summed E-state index contributed by atoms with van der Waals surface area (Å²) in [6.45, 7) is -1.25. The van der Waals surface area contributed by atoms with Crippen LogP contribution in [0.3, 0.4) is 0 Å². The average molecular weight is 629 g/mol. The van der Waals surface area contributed by atoms with Gasteiger partial charge in [0.2, 0.25) is 23.6 Å². The minimum absolute atomic E-state index is 0.0280. The van der Waals surface area contributed by atoms with Gasteiger partial charge < -0.3 is 53.8 Å². The number of guanidine groups is 1. The topological polar surface area (TPSA) is 285 Å². The molecule has 2 aromatic rings. The summed E-state index contributed by atoms with van der Waals surface area (Å²) in [4.78, 5) is 66.9. The third-order valence-corrected chi connectivity index (χ3v) is 6.46. The molecule has 2 aromatic carbocycles. The van der Waals surface area contributed by atoms with E-state index in [1.165, 1.54) is 12.1 Å². The monoisotopic (exact) mass is 628 g/mol.